The minimum Gasteiger partial charge on any atom is -0.489 e. The predicted molar refractivity (Wildman–Crippen MR) is 93.9 cm³/mol. The van der Waals surface area contributed by atoms with E-state index >= 15 is 0 Å². The van der Waals surface area contributed by atoms with E-state index in [1.807, 2.05) is 0 Å². The van der Waals surface area contributed by atoms with Crippen LogP contribution in [0, 0.1) is 13.8 Å². The Morgan fingerprint density at radius 3 is 2.41 bits per heavy atom. The summed E-state index contributed by atoms with van der Waals surface area (Å²) in [6, 6.07) is 17.1. The van der Waals surface area contributed by atoms with Crippen molar-refractivity contribution in [2.45, 2.75) is 32.9 Å². The van der Waals surface area contributed by atoms with Crippen molar-refractivity contribution in [1.82, 2.24) is 4.90 Å². The molecule has 2 aromatic rings. The van der Waals surface area contributed by atoms with E-state index < -0.39 is 0 Å². The smallest absolute Gasteiger partial charge is 0.120 e. The molecule has 1 unspecified atom stereocenters. The molecule has 2 nitrogen and oxygen atoms in total. The van der Waals surface area contributed by atoms with Crippen LogP contribution in [0.5, 0.6) is 5.75 Å². The molecule has 118 valence electrons. The average Bonchev–Trinajstić information content (AvgIpc) is 2.86. The summed E-state index contributed by atoms with van der Waals surface area (Å²) in [5.41, 5.74) is 3.91. The van der Waals surface area contributed by atoms with Crippen LogP contribution in [-0.2, 0) is 6.54 Å². The Labute approximate surface area is 139 Å². The molecule has 0 amide bonds. The van der Waals surface area contributed by atoms with Gasteiger partial charge in [-0.25, -0.2) is 0 Å². The number of hydrogen-bond donors (Lipinski definition) is 0. The number of ether oxygens (including phenoxy) is 1. The zero-order valence-electron chi connectivity index (χ0n) is 13.3. The monoisotopic (exact) mass is 317 g/mol. The van der Waals surface area contributed by atoms with Gasteiger partial charge in [-0.15, -0.1) is 12.4 Å². The summed E-state index contributed by atoms with van der Waals surface area (Å²) in [6.45, 7) is 7.40. The second-order valence-electron chi connectivity index (χ2n) is 6.07. The van der Waals surface area contributed by atoms with Crippen molar-refractivity contribution in [2.24, 2.45) is 0 Å². The molecular weight excluding hydrogens is 294 g/mol. The van der Waals surface area contributed by atoms with Crippen LogP contribution < -0.4 is 4.74 Å². The summed E-state index contributed by atoms with van der Waals surface area (Å²) < 4.78 is 6.16. The summed E-state index contributed by atoms with van der Waals surface area (Å²) in [7, 11) is 0. The van der Waals surface area contributed by atoms with Gasteiger partial charge in [-0.2, -0.15) is 0 Å². The molecule has 3 heteroatoms. The van der Waals surface area contributed by atoms with E-state index in [-0.39, 0.29) is 12.4 Å². The van der Waals surface area contributed by atoms with Crippen LogP contribution >= 0.6 is 12.4 Å². The molecule has 3 rings (SSSR count). The van der Waals surface area contributed by atoms with Crippen molar-refractivity contribution in [2.75, 3.05) is 13.1 Å². The Balaban J connectivity index is 0.00000176. The van der Waals surface area contributed by atoms with Crippen molar-refractivity contribution >= 4 is 12.4 Å². The van der Waals surface area contributed by atoms with Crippen LogP contribution in [0.4, 0.5) is 0 Å². The fraction of sp³-hybridized carbons (Fsp3) is 0.368. The molecule has 1 saturated heterocycles. The van der Waals surface area contributed by atoms with Crippen LogP contribution in [-0.4, -0.2) is 24.1 Å². The summed E-state index contributed by atoms with van der Waals surface area (Å²) >= 11 is 0. The molecule has 1 aliphatic rings. The summed E-state index contributed by atoms with van der Waals surface area (Å²) in [5.74, 6) is 1.01. The lowest BCUT2D eigenvalue weighted by molar-refractivity contribution is 0.198. The van der Waals surface area contributed by atoms with Gasteiger partial charge in [0.15, 0.2) is 0 Å². The molecule has 0 N–H and O–H groups in total. The number of halogens is 1. The zero-order valence-corrected chi connectivity index (χ0v) is 14.1. The fourth-order valence-electron chi connectivity index (χ4n) is 3.07. The highest BCUT2D eigenvalue weighted by atomic mass is 35.5. The normalized spacial score (nSPS) is 18.0. The third kappa shape index (κ3) is 4.49. The predicted octanol–water partition coefficient (Wildman–Crippen LogP) is 4.38. The highest BCUT2D eigenvalue weighted by Gasteiger charge is 2.23. The summed E-state index contributed by atoms with van der Waals surface area (Å²) in [5, 5.41) is 0. The van der Waals surface area contributed by atoms with E-state index in [2.05, 4.69) is 67.3 Å². The van der Waals surface area contributed by atoms with Gasteiger partial charge in [-0.1, -0.05) is 36.4 Å². The minimum atomic E-state index is 0. The first-order chi connectivity index (χ1) is 10.2. The summed E-state index contributed by atoms with van der Waals surface area (Å²) in [6.07, 6.45) is 1.43. The average molecular weight is 318 g/mol. The molecule has 2 aromatic carbocycles. The number of aryl methyl sites for hydroxylation is 2. The highest BCUT2D eigenvalue weighted by molar-refractivity contribution is 5.85. The first-order valence-corrected chi connectivity index (χ1v) is 7.70. The molecule has 22 heavy (non-hydrogen) atoms. The van der Waals surface area contributed by atoms with Gasteiger partial charge in [0.05, 0.1) is 0 Å². The van der Waals surface area contributed by atoms with Gasteiger partial charge in [-0.05, 0) is 49.1 Å². The molecule has 0 saturated carbocycles. The van der Waals surface area contributed by atoms with Crippen molar-refractivity contribution in [1.29, 1.82) is 0 Å². The topological polar surface area (TPSA) is 12.5 Å². The lowest BCUT2D eigenvalue weighted by Crippen LogP contribution is -2.24. The van der Waals surface area contributed by atoms with Crippen molar-refractivity contribution in [3.8, 4) is 5.75 Å². The Morgan fingerprint density at radius 2 is 1.73 bits per heavy atom. The van der Waals surface area contributed by atoms with Gasteiger partial charge in [0.1, 0.15) is 11.9 Å². The maximum Gasteiger partial charge on any atom is 0.120 e. The van der Waals surface area contributed by atoms with Crippen LogP contribution in [0.15, 0.2) is 48.5 Å². The molecule has 0 bridgehead atoms. The fourth-order valence-corrected chi connectivity index (χ4v) is 3.07. The van der Waals surface area contributed by atoms with Crippen LogP contribution in [0.1, 0.15) is 23.1 Å². The van der Waals surface area contributed by atoms with Crippen molar-refractivity contribution in [3.63, 3.8) is 0 Å². The number of hydrogen-bond acceptors (Lipinski definition) is 2. The van der Waals surface area contributed by atoms with Crippen LogP contribution in [0.2, 0.25) is 0 Å². The molecule has 0 radical (unpaired) electrons. The van der Waals surface area contributed by atoms with E-state index in [1.54, 1.807) is 0 Å². The van der Waals surface area contributed by atoms with Gasteiger partial charge < -0.3 is 4.74 Å². The van der Waals surface area contributed by atoms with Gasteiger partial charge in [0.25, 0.3) is 0 Å². The SMILES string of the molecule is Cc1cc(C)cc(OC2CCN(Cc3ccccc3)C2)c1.Cl. The third-order valence-electron chi connectivity index (χ3n) is 3.98. The highest BCUT2D eigenvalue weighted by Crippen LogP contribution is 2.22. The van der Waals surface area contributed by atoms with E-state index in [4.69, 9.17) is 4.74 Å². The van der Waals surface area contributed by atoms with Crippen LogP contribution in [0.3, 0.4) is 0 Å². The molecular formula is C19H24ClNO. The Hall–Kier alpha value is -1.51. The lowest BCUT2D eigenvalue weighted by atomic mass is 10.1. The number of nitrogens with zero attached hydrogens (tertiary/aromatic N) is 1. The molecule has 0 aliphatic carbocycles. The minimum absolute atomic E-state index is 0. The molecule has 1 heterocycles. The number of benzene rings is 2. The maximum absolute atomic E-state index is 6.16. The number of likely N-dealkylation sites (tertiary alicyclic amines) is 1. The molecule has 0 aromatic heterocycles. The quantitative estimate of drug-likeness (QED) is 0.830. The van der Waals surface area contributed by atoms with Crippen molar-refractivity contribution < 1.29 is 4.74 Å². The molecule has 1 aliphatic heterocycles. The Kier molecular flexibility index (Phi) is 5.87. The van der Waals surface area contributed by atoms with E-state index in [0.717, 1.165) is 31.8 Å². The van der Waals surface area contributed by atoms with E-state index in [0.29, 0.717) is 6.10 Å². The summed E-state index contributed by atoms with van der Waals surface area (Å²) in [4.78, 5) is 2.47. The van der Waals surface area contributed by atoms with Gasteiger partial charge >= 0.3 is 0 Å². The molecule has 1 atom stereocenters. The molecule has 0 spiro atoms. The second-order valence-corrected chi connectivity index (χ2v) is 6.07. The second kappa shape index (κ2) is 7.66. The van der Waals surface area contributed by atoms with Gasteiger partial charge in [0.2, 0.25) is 0 Å². The first kappa shape index (κ1) is 16.9. The van der Waals surface area contributed by atoms with Crippen molar-refractivity contribution in [3.05, 3.63) is 65.2 Å². The first-order valence-electron chi connectivity index (χ1n) is 7.70. The molecule has 1 fully saturated rings. The Morgan fingerprint density at radius 1 is 1.05 bits per heavy atom. The van der Waals surface area contributed by atoms with Gasteiger partial charge in [0, 0.05) is 19.6 Å². The largest absolute Gasteiger partial charge is 0.489 e. The van der Waals surface area contributed by atoms with Gasteiger partial charge in [-0.3, -0.25) is 4.90 Å². The standard InChI is InChI=1S/C19H23NO.ClH/c1-15-10-16(2)12-19(11-15)21-18-8-9-20(14-18)13-17-6-4-3-5-7-17;/h3-7,10-12,18H,8-9,13-14H2,1-2H3;1H. The van der Waals surface area contributed by atoms with E-state index in [9.17, 15) is 0 Å². The number of rotatable bonds is 4. The third-order valence-corrected chi connectivity index (χ3v) is 3.98. The Bertz CT molecular complexity index is 579. The van der Waals surface area contributed by atoms with E-state index in [1.165, 1.54) is 16.7 Å². The zero-order chi connectivity index (χ0) is 14.7. The lowest BCUT2D eigenvalue weighted by Gasteiger charge is -2.17. The maximum atomic E-state index is 6.16. The van der Waals surface area contributed by atoms with Crippen LogP contribution in [0.25, 0.3) is 0 Å².